The average Bonchev–Trinajstić information content (AvgIpc) is 3.25. The standard InChI is InChI=1S/C22H34N2O8S/c1-3-31-22(27)24(15-21(25)26)16-30-12-7-13-33(28,29)23-17(2)18-8-6-11-20(14-18)32-19-9-4-5-10-19/h6,8,11,14,17,19,23H,3-5,7,9-10,12-13,15-16H2,1-2H3,(H,25,26)/t17-/m1/s1. The van der Waals surface area contributed by atoms with Gasteiger partial charge in [0.15, 0.2) is 0 Å². The number of aliphatic carboxylic acids is 1. The number of rotatable bonds is 14. The van der Waals surface area contributed by atoms with Gasteiger partial charge in [-0.25, -0.2) is 17.9 Å². The third-order valence-corrected chi connectivity index (χ3v) is 6.66. The number of hydrogen-bond acceptors (Lipinski definition) is 7. The molecule has 1 aliphatic rings. The smallest absolute Gasteiger partial charge is 0.412 e. The van der Waals surface area contributed by atoms with E-state index in [1.165, 1.54) is 12.8 Å². The fraction of sp³-hybridized carbons (Fsp3) is 0.636. The van der Waals surface area contributed by atoms with E-state index in [4.69, 9.17) is 19.3 Å². The Kier molecular flexibility index (Phi) is 10.9. The highest BCUT2D eigenvalue weighted by atomic mass is 32.2. The Morgan fingerprint density at radius 2 is 2.00 bits per heavy atom. The fourth-order valence-corrected chi connectivity index (χ4v) is 4.81. The molecule has 2 rings (SSSR count). The molecule has 1 amide bonds. The van der Waals surface area contributed by atoms with Crippen LogP contribution in [0.5, 0.6) is 5.75 Å². The summed E-state index contributed by atoms with van der Waals surface area (Å²) >= 11 is 0. The second-order valence-electron chi connectivity index (χ2n) is 7.94. The summed E-state index contributed by atoms with van der Waals surface area (Å²) in [6.45, 7) is 2.64. The minimum Gasteiger partial charge on any atom is -0.490 e. The number of sulfonamides is 1. The van der Waals surface area contributed by atoms with Crippen molar-refractivity contribution in [2.75, 3.05) is 32.2 Å². The van der Waals surface area contributed by atoms with Gasteiger partial charge in [0.25, 0.3) is 0 Å². The summed E-state index contributed by atoms with van der Waals surface area (Å²) in [5.41, 5.74) is 0.809. The van der Waals surface area contributed by atoms with Crippen LogP contribution in [-0.4, -0.2) is 68.8 Å². The number of nitrogens with one attached hydrogen (secondary N) is 1. The number of hydrogen-bond donors (Lipinski definition) is 2. The number of nitrogens with zero attached hydrogens (tertiary/aromatic N) is 1. The molecule has 1 saturated carbocycles. The first-order chi connectivity index (χ1) is 15.7. The maximum absolute atomic E-state index is 12.5. The molecule has 0 aromatic heterocycles. The number of amides is 1. The molecular weight excluding hydrogens is 452 g/mol. The Morgan fingerprint density at radius 3 is 2.67 bits per heavy atom. The van der Waals surface area contributed by atoms with Crippen molar-refractivity contribution in [1.29, 1.82) is 0 Å². The molecule has 0 radical (unpaired) electrons. The van der Waals surface area contributed by atoms with Crippen molar-refractivity contribution in [3.63, 3.8) is 0 Å². The van der Waals surface area contributed by atoms with E-state index in [1.54, 1.807) is 13.8 Å². The number of ether oxygens (including phenoxy) is 3. The zero-order chi connectivity index (χ0) is 24.3. The summed E-state index contributed by atoms with van der Waals surface area (Å²) < 4.78 is 43.6. The van der Waals surface area contributed by atoms with Crippen LogP contribution in [-0.2, 0) is 24.3 Å². The van der Waals surface area contributed by atoms with E-state index in [0.717, 1.165) is 29.1 Å². The van der Waals surface area contributed by atoms with E-state index in [2.05, 4.69) is 4.72 Å². The zero-order valence-electron chi connectivity index (χ0n) is 19.2. The molecule has 1 aromatic rings. The molecule has 11 heteroatoms. The first-order valence-electron chi connectivity index (χ1n) is 11.2. The molecule has 1 fully saturated rings. The highest BCUT2D eigenvalue weighted by Gasteiger charge is 2.20. The second-order valence-corrected chi connectivity index (χ2v) is 9.81. The van der Waals surface area contributed by atoms with E-state index in [0.29, 0.717) is 0 Å². The quantitative estimate of drug-likeness (QED) is 0.303. The van der Waals surface area contributed by atoms with Crippen molar-refractivity contribution in [3.05, 3.63) is 29.8 Å². The molecule has 0 aliphatic heterocycles. The van der Waals surface area contributed by atoms with Gasteiger partial charge in [0.2, 0.25) is 10.0 Å². The molecule has 1 aliphatic carbocycles. The topological polar surface area (TPSA) is 131 Å². The van der Waals surface area contributed by atoms with E-state index >= 15 is 0 Å². The summed E-state index contributed by atoms with van der Waals surface area (Å²) in [5.74, 6) is -0.634. The van der Waals surface area contributed by atoms with Gasteiger partial charge in [0, 0.05) is 12.6 Å². The Labute approximate surface area is 195 Å². The summed E-state index contributed by atoms with van der Waals surface area (Å²) in [6.07, 6.45) is 4.03. The summed E-state index contributed by atoms with van der Waals surface area (Å²) in [5, 5.41) is 8.88. The molecule has 33 heavy (non-hydrogen) atoms. The SMILES string of the molecule is CCOC(=O)N(COCCCS(=O)(=O)N[C@H](C)c1cccc(OC2CCCC2)c1)CC(=O)O. The first kappa shape index (κ1) is 26.9. The van der Waals surface area contributed by atoms with Crippen molar-refractivity contribution in [2.45, 2.75) is 58.1 Å². The van der Waals surface area contributed by atoms with Crippen molar-refractivity contribution in [1.82, 2.24) is 9.62 Å². The Bertz CT molecular complexity index is 871. The van der Waals surface area contributed by atoms with Crippen LogP contribution < -0.4 is 9.46 Å². The molecule has 1 atom stereocenters. The van der Waals surface area contributed by atoms with Gasteiger partial charge in [-0.1, -0.05) is 12.1 Å². The third-order valence-electron chi connectivity index (χ3n) is 5.12. The lowest BCUT2D eigenvalue weighted by molar-refractivity contribution is -0.139. The molecule has 1 aromatic carbocycles. The highest BCUT2D eigenvalue weighted by Crippen LogP contribution is 2.26. The lowest BCUT2D eigenvalue weighted by Gasteiger charge is -2.20. The van der Waals surface area contributed by atoms with Gasteiger partial charge in [0.05, 0.1) is 18.5 Å². The lowest BCUT2D eigenvalue weighted by atomic mass is 10.1. The second kappa shape index (κ2) is 13.4. The maximum atomic E-state index is 12.5. The van der Waals surface area contributed by atoms with Crippen LogP contribution in [0.3, 0.4) is 0 Å². The predicted molar refractivity (Wildman–Crippen MR) is 121 cm³/mol. The van der Waals surface area contributed by atoms with E-state index in [1.807, 2.05) is 24.3 Å². The highest BCUT2D eigenvalue weighted by molar-refractivity contribution is 7.89. The molecule has 0 heterocycles. The van der Waals surface area contributed by atoms with Crippen LogP contribution in [0.15, 0.2) is 24.3 Å². The van der Waals surface area contributed by atoms with Gasteiger partial charge in [-0.2, -0.15) is 0 Å². The molecule has 2 N–H and O–H groups in total. The largest absolute Gasteiger partial charge is 0.490 e. The molecule has 0 saturated heterocycles. The van der Waals surface area contributed by atoms with Gasteiger partial charge in [-0.05, 0) is 63.6 Å². The van der Waals surface area contributed by atoms with Crippen molar-refractivity contribution in [3.8, 4) is 5.75 Å². The summed E-state index contributed by atoms with van der Waals surface area (Å²) in [7, 11) is -3.58. The maximum Gasteiger partial charge on any atom is 0.412 e. The van der Waals surface area contributed by atoms with Crippen LogP contribution in [0, 0.1) is 0 Å². The monoisotopic (exact) mass is 486 g/mol. The lowest BCUT2D eigenvalue weighted by Crippen LogP contribution is -2.38. The molecule has 10 nitrogen and oxygen atoms in total. The van der Waals surface area contributed by atoms with Crippen LogP contribution >= 0.6 is 0 Å². The predicted octanol–water partition coefficient (Wildman–Crippen LogP) is 2.90. The number of carbonyl (C=O) groups is 2. The van der Waals surface area contributed by atoms with Gasteiger partial charge >= 0.3 is 12.1 Å². The Hall–Kier alpha value is -2.37. The minimum atomic E-state index is -3.58. The van der Waals surface area contributed by atoms with Crippen LogP contribution in [0.2, 0.25) is 0 Å². The minimum absolute atomic E-state index is 0.0372. The number of carboxylic acids is 1. The van der Waals surface area contributed by atoms with Crippen LogP contribution in [0.4, 0.5) is 4.79 Å². The van der Waals surface area contributed by atoms with E-state index in [-0.39, 0.29) is 38.2 Å². The van der Waals surface area contributed by atoms with Gasteiger partial charge in [-0.3, -0.25) is 9.69 Å². The molecule has 0 unspecified atom stereocenters. The summed E-state index contributed by atoms with van der Waals surface area (Å²) in [4.78, 5) is 23.5. The normalized spacial score (nSPS) is 15.2. The van der Waals surface area contributed by atoms with Crippen LogP contribution in [0.25, 0.3) is 0 Å². The van der Waals surface area contributed by atoms with Crippen molar-refractivity contribution < 1.29 is 37.3 Å². The van der Waals surface area contributed by atoms with Crippen LogP contribution in [0.1, 0.15) is 57.6 Å². The number of carboxylic acid groups (broad SMARTS) is 1. The molecule has 186 valence electrons. The fourth-order valence-electron chi connectivity index (χ4n) is 3.52. The van der Waals surface area contributed by atoms with E-state index in [9.17, 15) is 18.0 Å². The average molecular weight is 487 g/mol. The van der Waals surface area contributed by atoms with Gasteiger partial charge < -0.3 is 19.3 Å². The van der Waals surface area contributed by atoms with Gasteiger partial charge in [-0.15, -0.1) is 0 Å². The first-order valence-corrected chi connectivity index (χ1v) is 12.8. The Morgan fingerprint density at radius 1 is 1.27 bits per heavy atom. The van der Waals surface area contributed by atoms with E-state index < -0.39 is 34.7 Å². The number of carbonyl (C=O) groups excluding carboxylic acids is 1. The molecule has 0 bridgehead atoms. The number of benzene rings is 1. The van der Waals surface area contributed by atoms with Crippen molar-refractivity contribution >= 4 is 22.1 Å². The van der Waals surface area contributed by atoms with Crippen molar-refractivity contribution in [2.24, 2.45) is 0 Å². The third kappa shape index (κ3) is 9.97. The molecule has 0 spiro atoms. The molecular formula is C22H34N2O8S. The summed E-state index contributed by atoms with van der Waals surface area (Å²) in [6, 6.07) is 7.01. The zero-order valence-corrected chi connectivity index (χ0v) is 20.0. The van der Waals surface area contributed by atoms with Gasteiger partial charge in [0.1, 0.15) is 19.0 Å². The Balaban J connectivity index is 1.77.